The molecule has 0 saturated heterocycles. The molecule has 0 radical (unpaired) electrons. The number of ether oxygens (including phenoxy) is 1. The van der Waals surface area contributed by atoms with E-state index in [1.165, 1.54) is 12.1 Å². The quantitative estimate of drug-likeness (QED) is 0.850. The van der Waals surface area contributed by atoms with Crippen LogP contribution in [0.4, 0.5) is 9.18 Å². The Bertz CT molecular complexity index is 784. The van der Waals surface area contributed by atoms with Gasteiger partial charge in [-0.2, -0.15) is 0 Å². The number of rotatable bonds is 1. The number of benzene rings is 2. The summed E-state index contributed by atoms with van der Waals surface area (Å²) in [5, 5.41) is 5.73. The lowest BCUT2D eigenvalue weighted by molar-refractivity contribution is 0.237. The molecule has 1 unspecified atom stereocenters. The molecular formula is C17H13FN2O2. The van der Waals surface area contributed by atoms with Crippen molar-refractivity contribution in [2.75, 3.05) is 6.61 Å². The van der Waals surface area contributed by atoms with E-state index in [4.69, 9.17) is 4.74 Å². The highest BCUT2D eigenvalue weighted by Crippen LogP contribution is 2.38. The largest absolute Gasteiger partial charge is 0.488 e. The van der Waals surface area contributed by atoms with Crippen LogP contribution >= 0.6 is 0 Å². The highest BCUT2D eigenvalue weighted by molar-refractivity contribution is 5.92. The number of amides is 2. The van der Waals surface area contributed by atoms with Crippen molar-refractivity contribution in [1.82, 2.24) is 10.6 Å². The molecule has 4 nitrogen and oxygen atoms in total. The highest BCUT2D eigenvalue weighted by atomic mass is 19.1. The molecule has 0 aliphatic carbocycles. The third kappa shape index (κ3) is 2.02. The van der Waals surface area contributed by atoms with E-state index in [1.807, 2.05) is 24.3 Å². The van der Waals surface area contributed by atoms with E-state index in [1.54, 1.807) is 12.1 Å². The average Bonchev–Trinajstić information content (AvgIpc) is 2.55. The Labute approximate surface area is 126 Å². The number of carbonyl (C=O) groups is 1. The number of para-hydroxylation sites is 1. The number of hydrogen-bond donors (Lipinski definition) is 2. The fourth-order valence-corrected chi connectivity index (χ4v) is 2.88. The number of hydrogen-bond acceptors (Lipinski definition) is 2. The maximum atomic E-state index is 13.1. The van der Waals surface area contributed by atoms with Crippen LogP contribution in [0.5, 0.6) is 5.75 Å². The van der Waals surface area contributed by atoms with Gasteiger partial charge in [0.1, 0.15) is 18.2 Å². The number of nitrogens with one attached hydrogen (secondary N) is 2. The van der Waals surface area contributed by atoms with Gasteiger partial charge in [0.05, 0.1) is 11.7 Å². The van der Waals surface area contributed by atoms with Gasteiger partial charge in [-0.1, -0.05) is 24.3 Å². The van der Waals surface area contributed by atoms with Gasteiger partial charge in [-0.3, -0.25) is 0 Å². The van der Waals surface area contributed by atoms with Gasteiger partial charge >= 0.3 is 6.03 Å². The first-order valence-corrected chi connectivity index (χ1v) is 7.00. The first-order valence-electron chi connectivity index (χ1n) is 7.00. The number of fused-ring (bicyclic) bond motifs is 2. The van der Waals surface area contributed by atoms with E-state index in [9.17, 15) is 9.18 Å². The minimum atomic E-state index is -0.322. The Morgan fingerprint density at radius 2 is 1.86 bits per heavy atom. The van der Waals surface area contributed by atoms with Crippen molar-refractivity contribution < 1.29 is 13.9 Å². The van der Waals surface area contributed by atoms with Crippen LogP contribution in [0.15, 0.2) is 54.1 Å². The second-order valence-corrected chi connectivity index (χ2v) is 5.27. The molecule has 2 N–H and O–H groups in total. The van der Waals surface area contributed by atoms with Crippen LogP contribution in [0.2, 0.25) is 0 Å². The molecule has 0 saturated carbocycles. The predicted octanol–water partition coefficient (Wildman–Crippen LogP) is 2.98. The van der Waals surface area contributed by atoms with Crippen molar-refractivity contribution >= 4 is 11.7 Å². The zero-order chi connectivity index (χ0) is 15.1. The molecule has 0 aromatic heterocycles. The van der Waals surface area contributed by atoms with Crippen molar-refractivity contribution in [2.45, 2.75) is 6.04 Å². The maximum Gasteiger partial charge on any atom is 0.320 e. The van der Waals surface area contributed by atoms with Crippen LogP contribution in [0.3, 0.4) is 0 Å². The summed E-state index contributed by atoms with van der Waals surface area (Å²) >= 11 is 0. The molecule has 2 heterocycles. The summed E-state index contributed by atoms with van der Waals surface area (Å²) in [6, 6.07) is 13.1. The van der Waals surface area contributed by atoms with Crippen LogP contribution in [0, 0.1) is 5.82 Å². The first kappa shape index (κ1) is 12.9. The molecule has 2 aromatic carbocycles. The summed E-state index contributed by atoms with van der Waals surface area (Å²) in [6.45, 7) is 0.377. The van der Waals surface area contributed by atoms with E-state index in [2.05, 4.69) is 10.6 Å². The molecule has 0 spiro atoms. The Morgan fingerprint density at radius 1 is 1.09 bits per heavy atom. The van der Waals surface area contributed by atoms with Gasteiger partial charge in [-0.05, 0) is 29.8 Å². The second kappa shape index (κ2) is 4.87. The van der Waals surface area contributed by atoms with Crippen molar-refractivity contribution in [3.8, 4) is 5.75 Å². The van der Waals surface area contributed by atoms with E-state index in [-0.39, 0.29) is 17.9 Å². The summed E-state index contributed by atoms with van der Waals surface area (Å²) in [5.74, 6) is 0.449. The minimum absolute atomic E-state index is 0.273. The Kier molecular flexibility index (Phi) is 2.85. The Hall–Kier alpha value is -2.82. The van der Waals surface area contributed by atoms with Gasteiger partial charge < -0.3 is 15.4 Å². The standard InChI is InChI=1S/C17H13FN2O2/c18-11-7-5-10(6-8-11)15-13-9-22-14-4-2-1-3-12(14)16(13)20-17(21)19-15/h1-8,15H,9H2,(H2,19,20,21). The summed E-state index contributed by atoms with van der Waals surface area (Å²) in [6.07, 6.45) is 0. The van der Waals surface area contributed by atoms with E-state index >= 15 is 0 Å². The summed E-state index contributed by atoms with van der Waals surface area (Å²) < 4.78 is 18.9. The molecule has 2 amide bonds. The third-order valence-corrected chi connectivity index (χ3v) is 3.93. The monoisotopic (exact) mass is 296 g/mol. The number of halogens is 1. The molecular weight excluding hydrogens is 283 g/mol. The molecule has 1 atom stereocenters. The lowest BCUT2D eigenvalue weighted by Gasteiger charge is -2.34. The van der Waals surface area contributed by atoms with Gasteiger partial charge in [0.15, 0.2) is 0 Å². The van der Waals surface area contributed by atoms with E-state index in [0.717, 1.165) is 28.1 Å². The zero-order valence-electron chi connectivity index (χ0n) is 11.6. The molecule has 2 aromatic rings. The lowest BCUT2D eigenvalue weighted by atomic mass is 9.91. The third-order valence-electron chi connectivity index (χ3n) is 3.93. The number of carbonyl (C=O) groups excluding carboxylic acids is 1. The summed E-state index contributed by atoms with van der Waals surface area (Å²) in [5.41, 5.74) is 3.40. The Morgan fingerprint density at radius 3 is 2.68 bits per heavy atom. The van der Waals surface area contributed by atoms with Crippen LogP contribution in [-0.4, -0.2) is 12.6 Å². The zero-order valence-corrected chi connectivity index (χ0v) is 11.6. The molecule has 110 valence electrons. The fourth-order valence-electron chi connectivity index (χ4n) is 2.88. The molecule has 22 heavy (non-hydrogen) atoms. The average molecular weight is 296 g/mol. The van der Waals surface area contributed by atoms with Crippen LogP contribution in [0.25, 0.3) is 5.70 Å². The van der Waals surface area contributed by atoms with Crippen molar-refractivity contribution in [2.24, 2.45) is 0 Å². The van der Waals surface area contributed by atoms with Crippen LogP contribution in [0.1, 0.15) is 17.2 Å². The van der Waals surface area contributed by atoms with E-state index < -0.39 is 0 Å². The summed E-state index contributed by atoms with van der Waals surface area (Å²) in [7, 11) is 0. The molecule has 2 aliphatic heterocycles. The topological polar surface area (TPSA) is 50.4 Å². The highest BCUT2D eigenvalue weighted by Gasteiger charge is 2.32. The van der Waals surface area contributed by atoms with Crippen molar-refractivity contribution in [3.05, 3.63) is 71.0 Å². The number of urea groups is 1. The second-order valence-electron chi connectivity index (χ2n) is 5.27. The van der Waals surface area contributed by atoms with Gasteiger partial charge in [-0.15, -0.1) is 0 Å². The fraction of sp³-hybridized carbons (Fsp3) is 0.118. The smallest absolute Gasteiger partial charge is 0.320 e. The molecule has 4 rings (SSSR count). The van der Waals surface area contributed by atoms with Crippen molar-refractivity contribution in [3.63, 3.8) is 0 Å². The SMILES string of the molecule is O=C1NC2=C(COc3ccccc32)C(c2ccc(F)cc2)N1. The lowest BCUT2D eigenvalue weighted by Crippen LogP contribution is -2.45. The predicted molar refractivity (Wildman–Crippen MR) is 79.7 cm³/mol. The van der Waals surface area contributed by atoms with Gasteiger partial charge in [-0.25, -0.2) is 9.18 Å². The minimum Gasteiger partial charge on any atom is -0.488 e. The van der Waals surface area contributed by atoms with Crippen molar-refractivity contribution in [1.29, 1.82) is 0 Å². The molecule has 0 fully saturated rings. The first-order chi connectivity index (χ1) is 10.7. The van der Waals surface area contributed by atoms with Crippen LogP contribution < -0.4 is 15.4 Å². The van der Waals surface area contributed by atoms with Crippen LogP contribution in [-0.2, 0) is 0 Å². The Balaban J connectivity index is 1.84. The van der Waals surface area contributed by atoms with Gasteiger partial charge in [0.25, 0.3) is 0 Å². The molecule has 0 bridgehead atoms. The normalized spacial score (nSPS) is 19.5. The van der Waals surface area contributed by atoms with Gasteiger partial charge in [0.2, 0.25) is 0 Å². The van der Waals surface area contributed by atoms with E-state index in [0.29, 0.717) is 6.61 Å². The summed E-state index contributed by atoms with van der Waals surface area (Å²) in [4.78, 5) is 12.0. The molecule has 2 aliphatic rings. The molecule has 5 heteroatoms. The maximum absolute atomic E-state index is 13.1. The van der Waals surface area contributed by atoms with Gasteiger partial charge in [0, 0.05) is 11.1 Å².